The van der Waals surface area contributed by atoms with Crippen LogP contribution >= 0.6 is 27.3 Å². The maximum Gasteiger partial charge on any atom is 0.263 e. The first kappa shape index (κ1) is 16.0. The molecule has 1 aromatic carbocycles. The number of nitrogens with two attached hydrogens (primary N) is 1. The van der Waals surface area contributed by atoms with E-state index in [2.05, 4.69) is 20.7 Å². The summed E-state index contributed by atoms with van der Waals surface area (Å²) >= 11 is 4.64. The fourth-order valence-corrected chi connectivity index (χ4v) is 5.27. The zero-order chi connectivity index (χ0) is 15.6. The highest BCUT2D eigenvalue weighted by atomic mass is 79.9. The van der Waals surface area contributed by atoms with Crippen LogP contribution in [0.1, 0.15) is 10.4 Å². The molecule has 0 spiro atoms. The van der Waals surface area contributed by atoms with Crippen LogP contribution in [0.5, 0.6) is 0 Å². The second-order valence-electron chi connectivity index (χ2n) is 4.42. The standard InChI is InChI=1S/C13H13BrN2O3S2/c1-8-11(7-12(14)20-8)21(18,19)16-10-4-2-9(3-5-10)6-13(15)17/h2-5,7,16H,6H2,1H3,(H2,15,17). The number of primary amides is 1. The normalized spacial score (nSPS) is 11.3. The number of hydrogen-bond acceptors (Lipinski definition) is 4. The molecule has 0 aliphatic carbocycles. The Bertz CT molecular complexity index is 767. The molecule has 0 fully saturated rings. The van der Waals surface area contributed by atoms with Crippen molar-refractivity contribution in [2.24, 2.45) is 5.73 Å². The Morgan fingerprint density at radius 2 is 1.95 bits per heavy atom. The quantitative estimate of drug-likeness (QED) is 0.824. The Hall–Kier alpha value is -1.38. The number of benzene rings is 1. The summed E-state index contributed by atoms with van der Waals surface area (Å²) in [4.78, 5) is 11.8. The van der Waals surface area contributed by atoms with Crippen LogP contribution < -0.4 is 10.5 Å². The van der Waals surface area contributed by atoms with Crippen LogP contribution in [0.25, 0.3) is 0 Å². The molecule has 21 heavy (non-hydrogen) atoms. The second kappa shape index (κ2) is 6.17. The Morgan fingerprint density at radius 1 is 1.33 bits per heavy atom. The minimum absolute atomic E-state index is 0.129. The number of nitrogens with one attached hydrogen (secondary N) is 1. The van der Waals surface area contributed by atoms with Gasteiger partial charge in [-0.2, -0.15) is 0 Å². The van der Waals surface area contributed by atoms with Gasteiger partial charge in [0.05, 0.1) is 10.2 Å². The van der Waals surface area contributed by atoms with Crippen LogP contribution in [-0.2, 0) is 21.2 Å². The van der Waals surface area contributed by atoms with Crippen LogP contribution in [0.2, 0.25) is 0 Å². The lowest BCUT2D eigenvalue weighted by Gasteiger charge is -2.08. The topological polar surface area (TPSA) is 89.3 Å². The Balaban J connectivity index is 2.21. The lowest BCUT2D eigenvalue weighted by atomic mass is 10.1. The number of thiophene rings is 1. The second-order valence-corrected chi connectivity index (χ2v) is 8.70. The molecule has 112 valence electrons. The van der Waals surface area contributed by atoms with E-state index >= 15 is 0 Å². The molecule has 0 bridgehead atoms. The summed E-state index contributed by atoms with van der Waals surface area (Å²) in [5, 5.41) is 0. The molecule has 0 aliphatic rings. The number of amides is 1. The molecule has 0 saturated carbocycles. The van der Waals surface area contributed by atoms with Gasteiger partial charge in [-0.05, 0) is 46.6 Å². The molecule has 1 heterocycles. The number of aryl methyl sites for hydroxylation is 1. The average Bonchev–Trinajstić information content (AvgIpc) is 2.71. The first-order valence-corrected chi connectivity index (χ1v) is 9.03. The molecule has 2 rings (SSSR count). The molecule has 0 saturated heterocycles. The predicted molar refractivity (Wildman–Crippen MR) is 86.9 cm³/mol. The first-order chi connectivity index (χ1) is 9.78. The number of rotatable bonds is 5. The van der Waals surface area contributed by atoms with Crippen molar-refractivity contribution in [1.82, 2.24) is 0 Å². The molecule has 8 heteroatoms. The van der Waals surface area contributed by atoms with Crippen molar-refractivity contribution in [1.29, 1.82) is 0 Å². The van der Waals surface area contributed by atoms with E-state index in [1.54, 1.807) is 37.3 Å². The molecule has 2 aromatic rings. The molecule has 1 amide bonds. The van der Waals surface area contributed by atoms with E-state index in [1.165, 1.54) is 11.3 Å². The Kier molecular flexibility index (Phi) is 4.70. The summed E-state index contributed by atoms with van der Waals surface area (Å²) in [6.07, 6.45) is 0.129. The third-order valence-corrected chi connectivity index (χ3v) is 5.91. The smallest absolute Gasteiger partial charge is 0.263 e. The van der Waals surface area contributed by atoms with Crippen LogP contribution in [0, 0.1) is 6.92 Å². The van der Waals surface area contributed by atoms with Crippen LogP contribution in [0.3, 0.4) is 0 Å². The highest BCUT2D eigenvalue weighted by molar-refractivity contribution is 9.11. The first-order valence-electron chi connectivity index (χ1n) is 5.94. The number of anilines is 1. The van der Waals surface area contributed by atoms with Gasteiger partial charge in [0, 0.05) is 10.6 Å². The zero-order valence-electron chi connectivity index (χ0n) is 11.1. The number of sulfonamides is 1. The van der Waals surface area contributed by atoms with Crippen molar-refractivity contribution in [3.8, 4) is 0 Å². The van der Waals surface area contributed by atoms with Crippen LogP contribution in [0.4, 0.5) is 5.69 Å². The maximum atomic E-state index is 12.3. The molecule has 0 radical (unpaired) electrons. The molecule has 3 N–H and O–H groups in total. The van der Waals surface area contributed by atoms with Crippen molar-refractivity contribution in [2.45, 2.75) is 18.2 Å². The summed E-state index contributed by atoms with van der Waals surface area (Å²) in [5.74, 6) is -0.429. The molecule has 5 nitrogen and oxygen atoms in total. The zero-order valence-corrected chi connectivity index (χ0v) is 14.3. The number of carbonyl (C=O) groups excluding carboxylic acids is 1. The molecular weight excluding hydrogens is 376 g/mol. The monoisotopic (exact) mass is 388 g/mol. The minimum atomic E-state index is -3.62. The van der Waals surface area contributed by atoms with Gasteiger partial charge in [-0.1, -0.05) is 12.1 Å². The molecule has 1 aromatic heterocycles. The van der Waals surface area contributed by atoms with E-state index in [9.17, 15) is 13.2 Å². The Morgan fingerprint density at radius 3 is 2.43 bits per heavy atom. The van der Waals surface area contributed by atoms with E-state index < -0.39 is 15.9 Å². The summed E-state index contributed by atoms with van der Waals surface area (Å²) in [6.45, 7) is 1.75. The van der Waals surface area contributed by atoms with Gasteiger partial charge in [0.15, 0.2) is 0 Å². The van der Waals surface area contributed by atoms with Gasteiger partial charge in [-0.3, -0.25) is 9.52 Å². The molecule has 0 aliphatic heterocycles. The van der Waals surface area contributed by atoms with Gasteiger partial charge in [0.1, 0.15) is 4.90 Å². The van der Waals surface area contributed by atoms with Gasteiger partial charge in [-0.25, -0.2) is 8.42 Å². The van der Waals surface area contributed by atoms with Crippen LogP contribution in [-0.4, -0.2) is 14.3 Å². The van der Waals surface area contributed by atoms with E-state index in [-0.39, 0.29) is 11.3 Å². The molecule has 0 unspecified atom stereocenters. The third-order valence-electron chi connectivity index (χ3n) is 2.72. The average molecular weight is 389 g/mol. The van der Waals surface area contributed by atoms with Crippen molar-refractivity contribution < 1.29 is 13.2 Å². The highest BCUT2D eigenvalue weighted by Gasteiger charge is 2.19. The van der Waals surface area contributed by atoms with E-state index in [0.29, 0.717) is 10.6 Å². The van der Waals surface area contributed by atoms with Gasteiger partial charge in [-0.15, -0.1) is 11.3 Å². The number of carbonyl (C=O) groups is 1. The number of hydrogen-bond donors (Lipinski definition) is 2. The van der Waals surface area contributed by atoms with Crippen molar-refractivity contribution in [3.05, 3.63) is 44.6 Å². The lowest BCUT2D eigenvalue weighted by Crippen LogP contribution is -2.14. The van der Waals surface area contributed by atoms with Gasteiger partial charge in [0.2, 0.25) is 5.91 Å². The predicted octanol–water partition coefficient (Wildman–Crippen LogP) is 2.65. The van der Waals surface area contributed by atoms with Gasteiger partial charge in [0.25, 0.3) is 10.0 Å². The molecular formula is C13H13BrN2O3S2. The SMILES string of the molecule is Cc1sc(Br)cc1S(=O)(=O)Nc1ccc(CC(N)=O)cc1. The van der Waals surface area contributed by atoms with Crippen molar-refractivity contribution in [3.63, 3.8) is 0 Å². The van der Waals surface area contributed by atoms with E-state index in [0.717, 1.165) is 9.35 Å². The third kappa shape index (κ3) is 4.05. The van der Waals surface area contributed by atoms with Gasteiger partial charge < -0.3 is 5.73 Å². The van der Waals surface area contributed by atoms with E-state index in [4.69, 9.17) is 5.73 Å². The van der Waals surface area contributed by atoms with Crippen LogP contribution in [0.15, 0.2) is 39.0 Å². The van der Waals surface area contributed by atoms with Crippen molar-refractivity contribution in [2.75, 3.05) is 4.72 Å². The highest BCUT2D eigenvalue weighted by Crippen LogP contribution is 2.30. The van der Waals surface area contributed by atoms with Crippen molar-refractivity contribution >= 4 is 48.9 Å². The lowest BCUT2D eigenvalue weighted by molar-refractivity contribution is -0.117. The fraction of sp³-hybridized carbons (Fsp3) is 0.154. The summed E-state index contributed by atoms with van der Waals surface area (Å²) in [5.41, 5.74) is 6.28. The maximum absolute atomic E-state index is 12.3. The molecule has 0 atom stereocenters. The Labute approximate surface area is 135 Å². The van der Waals surface area contributed by atoms with E-state index in [1.807, 2.05) is 0 Å². The largest absolute Gasteiger partial charge is 0.369 e. The number of halogens is 1. The summed E-state index contributed by atoms with van der Waals surface area (Å²) in [6, 6.07) is 8.11. The summed E-state index contributed by atoms with van der Waals surface area (Å²) < 4.78 is 27.9. The fourth-order valence-electron chi connectivity index (χ4n) is 1.80. The summed E-state index contributed by atoms with van der Waals surface area (Å²) in [7, 11) is -3.62. The van der Waals surface area contributed by atoms with Gasteiger partial charge >= 0.3 is 0 Å². The minimum Gasteiger partial charge on any atom is -0.369 e.